The molecule has 7 nitrogen and oxygen atoms in total. The van der Waals surface area contributed by atoms with Gasteiger partial charge in [0, 0.05) is 6.92 Å². The smallest absolute Gasteiger partial charge is 0.369 e. The number of nitrogens with zero attached hydrogens (tertiary/aromatic N) is 3. The lowest BCUT2D eigenvalue weighted by Crippen LogP contribution is -2.33. The van der Waals surface area contributed by atoms with E-state index in [1.54, 1.807) is 38.3 Å². The van der Waals surface area contributed by atoms with E-state index in [-0.39, 0.29) is 5.91 Å². The lowest BCUT2D eigenvalue weighted by Gasteiger charge is -2.02. The number of nitrogens with one attached hydrogen (secondary N) is 1. The van der Waals surface area contributed by atoms with Gasteiger partial charge >= 0.3 is 5.69 Å². The topological polar surface area (TPSA) is 78.2 Å². The molecule has 0 unspecified atom stereocenters. The molecule has 1 amide bonds. The summed E-state index contributed by atoms with van der Waals surface area (Å²) in [6.45, 7) is 2.97. The summed E-state index contributed by atoms with van der Waals surface area (Å²) in [5.41, 5.74) is 2.57. The highest BCUT2D eigenvalue weighted by atomic mass is 16.5. The zero-order chi connectivity index (χ0) is 14.0. The van der Waals surface area contributed by atoms with Crippen LogP contribution in [0.5, 0.6) is 5.75 Å². The molecule has 0 atom stereocenters. The van der Waals surface area contributed by atoms with Gasteiger partial charge in [-0.15, -0.1) is 5.10 Å². The van der Waals surface area contributed by atoms with Gasteiger partial charge in [-0.2, -0.15) is 9.36 Å². The van der Waals surface area contributed by atoms with E-state index in [9.17, 15) is 9.59 Å². The first-order valence-corrected chi connectivity index (χ1v) is 5.63. The third-order valence-corrected chi connectivity index (χ3v) is 2.53. The van der Waals surface area contributed by atoms with Crippen molar-refractivity contribution in [3.63, 3.8) is 0 Å². The lowest BCUT2D eigenvalue weighted by atomic mass is 10.3. The number of carbonyl (C=O) groups excluding carboxylic acids is 1. The van der Waals surface area contributed by atoms with Crippen molar-refractivity contribution in [2.45, 2.75) is 13.8 Å². The highest BCUT2D eigenvalue weighted by Crippen LogP contribution is 2.12. The van der Waals surface area contributed by atoms with Crippen LogP contribution < -0.4 is 15.9 Å². The maximum atomic E-state index is 12.1. The average Bonchev–Trinajstić information content (AvgIpc) is 2.66. The Kier molecular flexibility index (Phi) is 3.37. The second kappa shape index (κ2) is 4.97. The molecule has 0 radical (unpaired) electrons. The maximum Gasteiger partial charge on any atom is 0.369 e. The molecule has 0 aliphatic heterocycles. The first-order chi connectivity index (χ1) is 9.02. The van der Waals surface area contributed by atoms with E-state index in [2.05, 4.69) is 10.5 Å². The van der Waals surface area contributed by atoms with Crippen molar-refractivity contribution < 1.29 is 9.53 Å². The molecule has 0 bridgehead atoms. The zero-order valence-corrected chi connectivity index (χ0v) is 10.9. The molecule has 0 fully saturated rings. The van der Waals surface area contributed by atoms with Crippen LogP contribution in [0.2, 0.25) is 0 Å². The number of ether oxygens (including phenoxy) is 1. The molecule has 0 aliphatic rings. The van der Waals surface area contributed by atoms with E-state index >= 15 is 0 Å². The Morgan fingerprint density at radius 3 is 2.47 bits per heavy atom. The van der Waals surface area contributed by atoms with E-state index in [1.807, 2.05) is 0 Å². The Bertz CT molecular complexity index is 655. The summed E-state index contributed by atoms with van der Waals surface area (Å²) < 4.78 is 7.36. The zero-order valence-electron chi connectivity index (χ0n) is 10.9. The molecule has 0 spiro atoms. The van der Waals surface area contributed by atoms with Crippen molar-refractivity contribution >= 4 is 5.91 Å². The molecule has 1 aromatic heterocycles. The minimum absolute atomic E-state index is 0.334. The molecule has 100 valence electrons. The molecule has 0 saturated heterocycles. The van der Waals surface area contributed by atoms with Gasteiger partial charge in [-0.3, -0.25) is 10.2 Å². The summed E-state index contributed by atoms with van der Waals surface area (Å²) in [5, 5.41) is 4.10. The van der Waals surface area contributed by atoms with Crippen molar-refractivity contribution in [3.05, 3.63) is 40.6 Å². The highest BCUT2D eigenvalue weighted by Gasteiger charge is 2.12. The van der Waals surface area contributed by atoms with Crippen LogP contribution in [0.3, 0.4) is 0 Å². The van der Waals surface area contributed by atoms with E-state index < -0.39 is 5.69 Å². The van der Waals surface area contributed by atoms with Gasteiger partial charge in [0.1, 0.15) is 5.75 Å². The van der Waals surface area contributed by atoms with Crippen molar-refractivity contribution in [2.24, 2.45) is 0 Å². The number of benzene rings is 1. The number of hydrogen-bond acceptors (Lipinski definition) is 4. The summed E-state index contributed by atoms with van der Waals surface area (Å²) in [6.07, 6.45) is 0. The average molecular weight is 262 g/mol. The van der Waals surface area contributed by atoms with Crippen LogP contribution in [0.15, 0.2) is 29.1 Å². The summed E-state index contributed by atoms with van der Waals surface area (Å²) in [7, 11) is 1.57. The quantitative estimate of drug-likeness (QED) is 0.870. The number of carbonyl (C=O) groups is 1. The third kappa shape index (κ3) is 2.49. The Morgan fingerprint density at radius 1 is 1.32 bits per heavy atom. The van der Waals surface area contributed by atoms with Crippen LogP contribution in [-0.4, -0.2) is 27.5 Å². The fourth-order valence-electron chi connectivity index (χ4n) is 1.64. The molecular weight excluding hydrogens is 248 g/mol. The van der Waals surface area contributed by atoms with Gasteiger partial charge in [0.05, 0.1) is 12.8 Å². The number of aryl methyl sites for hydroxylation is 1. The van der Waals surface area contributed by atoms with E-state index in [1.165, 1.54) is 11.6 Å². The molecule has 1 aromatic carbocycles. The van der Waals surface area contributed by atoms with Gasteiger partial charge < -0.3 is 4.74 Å². The fraction of sp³-hybridized carbons (Fsp3) is 0.250. The van der Waals surface area contributed by atoms with Gasteiger partial charge in [0.15, 0.2) is 5.82 Å². The van der Waals surface area contributed by atoms with E-state index in [0.717, 1.165) is 4.68 Å². The van der Waals surface area contributed by atoms with Crippen LogP contribution in [0.1, 0.15) is 12.7 Å². The second-order valence-corrected chi connectivity index (χ2v) is 3.94. The van der Waals surface area contributed by atoms with Gasteiger partial charge in [-0.05, 0) is 31.2 Å². The standard InChI is InChI=1S/C12H14N4O3/c1-8-13-16(12(18)15(8)14-9(2)17)10-4-6-11(19-3)7-5-10/h4-7H,1-3H3,(H,14,17). The third-order valence-electron chi connectivity index (χ3n) is 2.53. The maximum absolute atomic E-state index is 12.1. The van der Waals surface area contributed by atoms with Crippen LogP contribution >= 0.6 is 0 Å². The number of amides is 1. The highest BCUT2D eigenvalue weighted by molar-refractivity contribution is 5.80. The minimum Gasteiger partial charge on any atom is -0.497 e. The monoisotopic (exact) mass is 262 g/mol. The van der Waals surface area contributed by atoms with Crippen molar-refractivity contribution in [3.8, 4) is 11.4 Å². The first kappa shape index (κ1) is 12.9. The van der Waals surface area contributed by atoms with Crippen molar-refractivity contribution in [1.29, 1.82) is 0 Å². The fourth-order valence-corrected chi connectivity index (χ4v) is 1.64. The van der Waals surface area contributed by atoms with Crippen LogP contribution in [0, 0.1) is 6.92 Å². The molecule has 0 aliphatic carbocycles. The Balaban J connectivity index is 2.45. The van der Waals surface area contributed by atoms with E-state index in [4.69, 9.17) is 4.74 Å². The van der Waals surface area contributed by atoms with Crippen LogP contribution in [-0.2, 0) is 4.79 Å². The SMILES string of the molecule is COc1ccc(-n2nc(C)n(NC(C)=O)c2=O)cc1. The molecule has 0 saturated carbocycles. The first-order valence-electron chi connectivity index (χ1n) is 5.63. The predicted octanol–water partition coefficient (Wildman–Crippen LogP) is 0.441. The normalized spacial score (nSPS) is 10.3. The van der Waals surface area contributed by atoms with Gasteiger partial charge in [0.2, 0.25) is 5.91 Å². The second-order valence-electron chi connectivity index (χ2n) is 3.94. The molecule has 1 heterocycles. The Labute approximate surface area is 109 Å². The number of aromatic nitrogens is 3. The van der Waals surface area contributed by atoms with Gasteiger partial charge in [-0.1, -0.05) is 0 Å². The van der Waals surface area contributed by atoms with Crippen molar-refractivity contribution in [1.82, 2.24) is 14.5 Å². The van der Waals surface area contributed by atoms with Gasteiger partial charge in [0.25, 0.3) is 0 Å². The molecule has 19 heavy (non-hydrogen) atoms. The van der Waals surface area contributed by atoms with Gasteiger partial charge in [-0.25, -0.2) is 4.79 Å². The largest absolute Gasteiger partial charge is 0.497 e. The minimum atomic E-state index is -0.433. The number of hydrogen-bond donors (Lipinski definition) is 1. The molecule has 2 aromatic rings. The Morgan fingerprint density at radius 2 is 1.95 bits per heavy atom. The Hall–Kier alpha value is -2.57. The van der Waals surface area contributed by atoms with Crippen molar-refractivity contribution in [2.75, 3.05) is 12.5 Å². The van der Waals surface area contributed by atoms with E-state index in [0.29, 0.717) is 17.3 Å². The molecular formula is C12H14N4O3. The molecule has 1 N–H and O–H groups in total. The summed E-state index contributed by atoms with van der Waals surface area (Å²) in [5.74, 6) is 0.755. The summed E-state index contributed by atoms with van der Waals surface area (Å²) >= 11 is 0. The lowest BCUT2D eigenvalue weighted by molar-refractivity contribution is -0.115. The van der Waals surface area contributed by atoms with Crippen LogP contribution in [0.4, 0.5) is 0 Å². The summed E-state index contributed by atoms with van der Waals surface area (Å²) in [4.78, 5) is 23.1. The summed E-state index contributed by atoms with van der Waals surface area (Å²) in [6, 6.07) is 6.89. The van der Waals surface area contributed by atoms with Crippen LogP contribution in [0.25, 0.3) is 5.69 Å². The molecule has 7 heteroatoms. The number of rotatable bonds is 3. The number of methoxy groups -OCH3 is 1. The molecule has 2 rings (SSSR count). The predicted molar refractivity (Wildman–Crippen MR) is 69.2 cm³/mol.